The SMILES string of the molecule is O=C(O)Cc1ccc(COCC2=CSC(=C3SC=CS3)S2)cc1. The van der Waals surface area contributed by atoms with E-state index in [0.717, 1.165) is 11.1 Å². The van der Waals surface area contributed by atoms with Gasteiger partial charge in [-0.05, 0) is 27.4 Å². The third kappa shape index (κ3) is 5.12. The zero-order valence-corrected chi connectivity index (χ0v) is 15.3. The molecule has 0 radical (unpaired) electrons. The fourth-order valence-corrected chi connectivity index (χ4v) is 6.36. The van der Waals surface area contributed by atoms with E-state index in [2.05, 4.69) is 16.2 Å². The highest BCUT2D eigenvalue weighted by Gasteiger charge is 2.18. The summed E-state index contributed by atoms with van der Waals surface area (Å²) >= 11 is 7.09. The van der Waals surface area contributed by atoms with Crippen molar-refractivity contribution in [2.24, 2.45) is 0 Å². The number of hydrogen-bond acceptors (Lipinski definition) is 6. The zero-order valence-electron chi connectivity index (χ0n) is 12.1. The van der Waals surface area contributed by atoms with Gasteiger partial charge in [-0.3, -0.25) is 4.79 Å². The first-order valence-corrected chi connectivity index (χ1v) is 10.3. The molecule has 3 nitrogen and oxygen atoms in total. The number of carboxylic acids is 1. The van der Waals surface area contributed by atoms with Gasteiger partial charge in [-0.15, -0.1) is 0 Å². The largest absolute Gasteiger partial charge is 0.481 e. The van der Waals surface area contributed by atoms with E-state index in [1.165, 1.54) is 13.4 Å². The lowest BCUT2D eigenvalue weighted by Crippen LogP contribution is -2.00. The third-order valence-corrected chi connectivity index (χ3v) is 8.03. The summed E-state index contributed by atoms with van der Waals surface area (Å²) in [5.41, 5.74) is 1.86. The van der Waals surface area contributed by atoms with Crippen LogP contribution in [0.3, 0.4) is 0 Å². The number of thioether (sulfide) groups is 4. The van der Waals surface area contributed by atoms with E-state index in [0.29, 0.717) is 13.2 Å². The van der Waals surface area contributed by atoms with Crippen LogP contribution in [-0.4, -0.2) is 17.7 Å². The number of aliphatic carboxylic acids is 1. The Bertz CT molecular complexity index is 667. The average Bonchev–Trinajstić information content (AvgIpc) is 3.19. The molecule has 2 aliphatic heterocycles. The summed E-state index contributed by atoms with van der Waals surface area (Å²) in [7, 11) is 0. The molecule has 0 atom stereocenters. The van der Waals surface area contributed by atoms with Gasteiger partial charge < -0.3 is 9.84 Å². The molecule has 0 spiro atoms. The number of carboxylic acid groups (broad SMARTS) is 1. The maximum absolute atomic E-state index is 10.6. The van der Waals surface area contributed by atoms with Crippen LogP contribution in [0, 0.1) is 0 Å². The van der Waals surface area contributed by atoms with Crippen LogP contribution in [0.2, 0.25) is 0 Å². The topological polar surface area (TPSA) is 46.5 Å². The van der Waals surface area contributed by atoms with Crippen LogP contribution in [0.25, 0.3) is 0 Å². The second-order valence-electron chi connectivity index (χ2n) is 4.77. The molecule has 23 heavy (non-hydrogen) atoms. The fourth-order valence-electron chi connectivity index (χ4n) is 1.94. The van der Waals surface area contributed by atoms with E-state index in [-0.39, 0.29) is 6.42 Å². The first kappa shape index (κ1) is 17.1. The summed E-state index contributed by atoms with van der Waals surface area (Å²) in [5, 5.41) is 15.1. The number of benzene rings is 1. The average molecular weight is 383 g/mol. The second-order valence-corrected chi connectivity index (χ2v) is 9.13. The van der Waals surface area contributed by atoms with Gasteiger partial charge >= 0.3 is 5.97 Å². The van der Waals surface area contributed by atoms with Crippen LogP contribution in [0.1, 0.15) is 11.1 Å². The molecule has 0 unspecified atom stereocenters. The Hall–Kier alpha value is -0.730. The van der Waals surface area contributed by atoms with Gasteiger partial charge in [-0.25, -0.2) is 0 Å². The molecule has 0 saturated carbocycles. The molecular formula is C16H14O3S4. The zero-order chi connectivity index (χ0) is 16.1. The first-order chi connectivity index (χ1) is 11.2. The Balaban J connectivity index is 1.43. The van der Waals surface area contributed by atoms with Crippen LogP contribution in [0.4, 0.5) is 0 Å². The predicted molar refractivity (Wildman–Crippen MR) is 102 cm³/mol. The van der Waals surface area contributed by atoms with Crippen molar-refractivity contribution in [2.75, 3.05) is 6.61 Å². The van der Waals surface area contributed by atoms with E-state index in [9.17, 15) is 4.79 Å². The molecule has 0 amide bonds. The van der Waals surface area contributed by atoms with Gasteiger partial charge in [0, 0.05) is 4.91 Å². The van der Waals surface area contributed by atoms with Gasteiger partial charge in [-0.2, -0.15) is 0 Å². The highest BCUT2D eigenvalue weighted by molar-refractivity contribution is 8.33. The van der Waals surface area contributed by atoms with Crippen molar-refractivity contribution in [3.63, 3.8) is 0 Å². The Morgan fingerprint density at radius 3 is 2.35 bits per heavy atom. The summed E-state index contributed by atoms with van der Waals surface area (Å²) in [6.45, 7) is 1.14. The Morgan fingerprint density at radius 2 is 1.65 bits per heavy atom. The number of ether oxygens (including phenoxy) is 1. The van der Waals surface area contributed by atoms with Crippen molar-refractivity contribution in [3.05, 3.63) is 65.0 Å². The van der Waals surface area contributed by atoms with Crippen LogP contribution < -0.4 is 0 Å². The van der Waals surface area contributed by atoms with Gasteiger partial charge in [0.05, 0.1) is 28.1 Å². The van der Waals surface area contributed by atoms with Crippen molar-refractivity contribution in [2.45, 2.75) is 13.0 Å². The Labute approximate surface area is 152 Å². The van der Waals surface area contributed by atoms with Gasteiger partial charge in [0.15, 0.2) is 0 Å². The highest BCUT2D eigenvalue weighted by atomic mass is 32.2. The third-order valence-electron chi connectivity index (χ3n) is 2.98. The maximum atomic E-state index is 10.6. The minimum atomic E-state index is -0.810. The summed E-state index contributed by atoms with van der Waals surface area (Å²) in [5.74, 6) is -0.810. The lowest BCUT2D eigenvalue weighted by Gasteiger charge is -2.06. The number of rotatable bonds is 6. The van der Waals surface area contributed by atoms with Gasteiger partial charge in [0.25, 0.3) is 0 Å². The molecule has 0 fully saturated rings. The van der Waals surface area contributed by atoms with Crippen LogP contribution >= 0.6 is 47.0 Å². The number of carbonyl (C=O) groups is 1. The van der Waals surface area contributed by atoms with Crippen molar-refractivity contribution in [1.29, 1.82) is 0 Å². The highest BCUT2D eigenvalue weighted by Crippen LogP contribution is 2.53. The smallest absolute Gasteiger partial charge is 0.307 e. The molecule has 2 aliphatic rings. The standard InChI is InChI=1S/C16H14O3S4/c17-14(18)7-11-1-3-12(4-2-11)8-19-9-13-10-22-16(23-13)15-20-5-6-21-15/h1-6,10H,7-9H2,(H,17,18). The van der Waals surface area contributed by atoms with E-state index in [4.69, 9.17) is 9.84 Å². The van der Waals surface area contributed by atoms with E-state index in [1.54, 1.807) is 47.0 Å². The fraction of sp³-hybridized carbons (Fsp3) is 0.188. The lowest BCUT2D eigenvalue weighted by atomic mass is 10.1. The molecule has 0 saturated heterocycles. The minimum Gasteiger partial charge on any atom is -0.481 e. The van der Waals surface area contributed by atoms with Gasteiger partial charge in [-0.1, -0.05) is 71.3 Å². The minimum absolute atomic E-state index is 0.0597. The van der Waals surface area contributed by atoms with E-state index >= 15 is 0 Å². The Kier molecular flexibility index (Phi) is 6.24. The van der Waals surface area contributed by atoms with Crippen molar-refractivity contribution >= 4 is 53.0 Å². The van der Waals surface area contributed by atoms with Crippen molar-refractivity contribution in [1.82, 2.24) is 0 Å². The van der Waals surface area contributed by atoms with Gasteiger partial charge in [0.2, 0.25) is 0 Å². The molecule has 0 bridgehead atoms. The summed E-state index contributed by atoms with van der Waals surface area (Å²) in [6, 6.07) is 7.54. The normalized spacial score (nSPS) is 17.0. The Morgan fingerprint density at radius 1 is 0.957 bits per heavy atom. The molecule has 0 aliphatic carbocycles. The predicted octanol–water partition coefficient (Wildman–Crippen LogP) is 5.23. The molecule has 2 heterocycles. The molecular weight excluding hydrogens is 368 g/mol. The first-order valence-electron chi connectivity index (χ1n) is 6.84. The van der Waals surface area contributed by atoms with E-state index in [1.807, 2.05) is 24.3 Å². The summed E-state index contributed by atoms with van der Waals surface area (Å²) in [4.78, 5) is 11.9. The number of hydrogen-bond donors (Lipinski definition) is 1. The molecule has 1 N–H and O–H groups in total. The van der Waals surface area contributed by atoms with Gasteiger partial charge in [0.1, 0.15) is 0 Å². The monoisotopic (exact) mass is 382 g/mol. The maximum Gasteiger partial charge on any atom is 0.307 e. The van der Waals surface area contributed by atoms with Crippen LogP contribution in [0.15, 0.2) is 53.9 Å². The summed E-state index contributed by atoms with van der Waals surface area (Å²) < 4.78 is 8.45. The molecule has 1 aromatic carbocycles. The molecule has 3 rings (SSSR count). The lowest BCUT2D eigenvalue weighted by molar-refractivity contribution is -0.136. The molecule has 120 valence electrons. The van der Waals surface area contributed by atoms with Crippen LogP contribution in [-0.2, 0) is 22.6 Å². The molecule has 7 heteroatoms. The van der Waals surface area contributed by atoms with Crippen molar-refractivity contribution < 1.29 is 14.6 Å². The van der Waals surface area contributed by atoms with Crippen molar-refractivity contribution in [3.8, 4) is 0 Å². The quantitative estimate of drug-likeness (QED) is 0.723. The summed E-state index contributed by atoms with van der Waals surface area (Å²) in [6.07, 6.45) is 0.0597. The van der Waals surface area contributed by atoms with E-state index < -0.39 is 5.97 Å². The second kappa shape index (κ2) is 8.39. The molecule has 0 aromatic heterocycles. The molecule has 1 aromatic rings. The van der Waals surface area contributed by atoms with Crippen LogP contribution in [0.5, 0.6) is 0 Å².